The van der Waals surface area contributed by atoms with Crippen LogP contribution in [0.1, 0.15) is 32.1 Å². The molecule has 0 aliphatic heterocycles. The molecule has 0 aromatic rings. The molecule has 3 unspecified atom stereocenters. The largest absolute Gasteiger partial charge is 0.356 e. The van der Waals surface area contributed by atoms with Crippen molar-refractivity contribution in [2.24, 2.45) is 17.8 Å². The van der Waals surface area contributed by atoms with Gasteiger partial charge in [0.05, 0.1) is 0 Å². The zero-order valence-corrected chi connectivity index (χ0v) is 9.22. The summed E-state index contributed by atoms with van der Waals surface area (Å²) in [4.78, 5) is 11.2. The quantitative estimate of drug-likeness (QED) is 0.716. The summed E-state index contributed by atoms with van der Waals surface area (Å²) in [5, 5.41) is 2.99. The summed E-state index contributed by atoms with van der Waals surface area (Å²) in [6, 6.07) is 0. The highest BCUT2D eigenvalue weighted by molar-refractivity contribution is 6.18. The standard InChI is InChI=1S/C11H18ClNO/c12-4-3-11(14)13-7-10-6-8-1-2-9(10)5-8/h8-10H,1-7H2,(H,13,14). The van der Waals surface area contributed by atoms with Gasteiger partial charge in [-0.2, -0.15) is 0 Å². The molecule has 2 saturated carbocycles. The van der Waals surface area contributed by atoms with Gasteiger partial charge in [0, 0.05) is 18.8 Å². The fourth-order valence-corrected chi connectivity index (χ4v) is 3.22. The highest BCUT2D eigenvalue weighted by Gasteiger charge is 2.39. The van der Waals surface area contributed by atoms with Crippen LogP contribution in [0.5, 0.6) is 0 Å². The van der Waals surface area contributed by atoms with Gasteiger partial charge in [-0.1, -0.05) is 6.42 Å². The molecule has 0 heterocycles. The number of nitrogens with one attached hydrogen (secondary N) is 1. The highest BCUT2D eigenvalue weighted by atomic mass is 35.5. The zero-order chi connectivity index (χ0) is 9.97. The minimum absolute atomic E-state index is 0.114. The van der Waals surface area contributed by atoms with Crippen molar-refractivity contribution in [1.82, 2.24) is 5.32 Å². The van der Waals surface area contributed by atoms with E-state index in [1.54, 1.807) is 0 Å². The Balaban J connectivity index is 1.69. The Bertz CT molecular complexity index is 219. The molecule has 2 fully saturated rings. The third kappa shape index (κ3) is 2.22. The van der Waals surface area contributed by atoms with Crippen LogP contribution in [0.3, 0.4) is 0 Å². The average Bonchev–Trinajstić information content (AvgIpc) is 2.76. The number of carbonyl (C=O) groups excluding carboxylic acids is 1. The summed E-state index contributed by atoms with van der Waals surface area (Å²) in [6.45, 7) is 0.886. The molecule has 1 amide bonds. The van der Waals surface area contributed by atoms with Crippen LogP contribution in [0.2, 0.25) is 0 Å². The fraction of sp³-hybridized carbons (Fsp3) is 0.909. The molecular formula is C11H18ClNO. The number of fused-ring (bicyclic) bond motifs is 2. The topological polar surface area (TPSA) is 29.1 Å². The molecule has 14 heavy (non-hydrogen) atoms. The molecule has 3 atom stereocenters. The molecule has 0 spiro atoms. The highest BCUT2D eigenvalue weighted by Crippen LogP contribution is 2.47. The summed E-state index contributed by atoms with van der Waals surface area (Å²) in [6.07, 6.45) is 6.03. The van der Waals surface area contributed by atoms with Crippen LogP contribution in [0, 0.1) is 17.8 Å². The number of alkyl halides is 1. The van der Waals surface area contributed by atoms with E-state index in [1.165, 1.54) is 25.7 Å². The SMILES string of the molecule is O=C(CCCl)NCC1CC2CCC1C2. The van der Waals surface area contributed by atoms with Crippen molar-refractivity contribution < 1.29 is 4.79 Å². The summed E-state index contributed by atoms with van der Waals surface area (Å²) in [5.74, 6) is 3.17. The Morgan fingerprint density at radius 3 is 2.79 bits per heavy atom. The number of halogens is 1. The van der Waals surface area contributed by atoms with Crippen molar-refractivity contribution in [3.63, 3.8) is 0 Å². The third-order valence-corrected chi connectivity index (χ3v) is 3.96. The van der Waals surface area contributed by atoms with Crippen molar-refractivity contribution in [3.8, 4) is 0 Å². The summed E-state index contributed by atoms with van der Waals surface area (Å²) in [5.41, 5.74) is 0. The number of amides is 1. The van der Waals surface area contributed by atoms with E-state index in [0.29, 0.717) is 12.3 Å². The Hall–Kier alpha value is -0.240. The van der Waals surface area contributed by atoms with E-state index in [1.807, 2.05) is 0 Å². The van der Waals surface area contributed by atoms with Crippen LogP contribution in [-0.4, -0.2) is 18.3 Å². The molecule has 0 saturated heterocycles. The first-order valence-electron chi connectivity index (χ1n) is 5.62. The minimum atomic E-state index is 0.114. The maximum Gasteiger partial charge on any atom is 0.221 e. The molecule has 0 aromatic heterocycles. The Labute approximate surface area is 90.4 Å². The fourth-order valence-electron chi connectivity index (χ4n) is 3.05. The van der Waals surface area contributed by atoms with Gasteiger partial charge in [0.15, 0.2) is 0 Å². The van der Waals surface area contributed by atoms with E-state index in [2.05, 4.69) is 5.32 Å². The van der Waals surface area contributed by atoms with E-state index in [-0.39, 0.29) is 5.91 Å². The summed E-state index contributed by atoms with van der Waals surface area (Å²) in [7, 11) is 0. The molecular weight excluding hydrogens is 198 g/mol. The summed E-state index contributed by atoms with van der Waals surface area (Å²) >= 11 is 5.49. The number of hydrogen-bond acceptors (Lipinski definition) is 1. The normalized spacial score (nSPS) is 34.8. The minimum Gasteiger partial charge on any atom is -0.356 e. The van der Waals surface area contributed by atoms with Gasteiger partial charge >= 0.3 is 0 Å². The van der Waals surface area contributed by atoms with Gasteiger partial charge in [0.2, 0.25) is 5.91 Å². The Morgan fingerprint density at radius 1 is 1.36 bits per heavy atom. The second kappa shape index (κ2) is 4.52. The second-order valence-corrected chi connectivity index (χ2v) is 5.06. The van der Waals surface area contributed by atoms with Gasteiger partial charge in [0.1, 0.15) is 0 Å². The third-order valence-electron chi connectivity index (χ3n) is 3.77. The van der Waals surface area contributed by atoms with E-state index < -0.39 is 0 Å². The maximum atomic E-state index is 11.2. The molecule has 2 bridgehead atoms. The molecule has 2 aliphatic carbocycles. The second-order valence-electron chi connectivity index (χ2n) is 4.68. The summed E-state index contributed by atoms with van der Waals surface area (Å²) < 4.78 is 0. The lowest BCUT2D eigenvalue weighted by atomic mass is 9.89. The van der Waals surface area contributed by atoms with E-state index in [4.69, 9.17) is 11.6 Å². The van der Waals surface area contributed by atoms with Gasteiger partial charge < -0.3 is 5.32 Å². The number of hydrogen-bond donors (Lipinski definition) is 1. The monoisotopic (exact) mass is 215 g/mol. The number of carbonyl (C=O) groups is 1. The molecule has 80 valence electrons. The zero-order valence-electron chi connectivity index (χ0n) is 8.47. The molecule has 0 aromatic carbocycles. The van der Waals surface area contributed by atoms with Crippen LogP contribution in [-0.2, 0) is 4.79 Å². The predicted molar refractivity (Wildman–Crippen MR) is 57.3 cm³/mol. The number of rotatable bonds is 4. The van der Waals surface area contributed by atoms with Crippen LogP contribution in [0.25, 0.3) is 0 Å². The van der Waals surface area contributed by atoms with Crippen LogP contribution in [0.15, 0.2) is 0 Å². The molecule has 2 nitrogen and oxygen atoms in total. The van der Waals surface area contributed by atoms with Crippen LogP contribution in [0.4, 0.5) is 0 Å². The lowest BCUT2D eigenvalue weighted by Gasteiger charge is -2.21. The van der Waals surface area contributed by atoms with Gasteiger partial charge in [-0.05, 0) is 37.0 Å². The smallest absolute Gasteiger partial charge is 0.221 e. The van der Waals surface area contributed by atoms with Crippen molar-refractivity contribution in [3.05, 3.63) is 0 Å². The molecule has 2 rings (SSSR count). The molecule has 3 heteroatoms. The van der Waals surface area contributed by atoms with Crippen molar-refractivity contribution in [2.75, 3.05) is 12.4 Å². The first-order valence-corrected chi connectivity index (χ1v) is 6.15. The van der Waals surface area contributed by atoms with Crippen molar-refractivity contribution in [2.45, 2.75) is 32.1 Å². The van der Waals surface area contributed by atoms with Gasteiger partial charge in [0.25, 0.3) is 0 Å². The Morgan fingerprint density at radius 2 is 2.21 bits per heavy atom. The first kappa shape index (κ1) is 10.3. The average molecular weight is 216 g/mol. The Kier molecular flexibility index (Phi) is 3.32. The van der Waals surface area contributed by atoms with E-state index in [9.17, 15) is 4.79 Å². The maximum absolute atomic E-state index is 11.2. The molecule has 1 N–H and O–H groups in total. The van der Waals surface area contributed by atoms with Crippen LogP contribution >= 0.6 is 11.6 Å². The van der Waals surface area contributed by atoms with E-state index >= 15 is 0 Å². The van der Waals surface area contributed by atoms with Crippen molar-refractivity contribution >= 4 is 17.5 Å². The molecule has 0 radical (unpaired) electrons. The molecule has 2 aliphatic rings. The first-order chi connectivity index (χ1) is 6.79. The lowest BCUT2D eigenvalue weighted by molar-refractivity contribution is -0.120. The van der Waals surface area contributed by atoms with Crippen molar-refractivity contribution in [1.29, 1.82) is 0 Å². The van der Waals surface area contributed by atoms with Crippen LogP contribution < -0.4 is 5.32 Å². The lowest BCUT2D eigenvalue weighted by Crippen LogP contribution is -2.31. The van der Waals surface area contributed by atoms with E-state index in [0.717, 1.165) is 24.3 Å². The van der Waals surface area contributed by atoms with Gasteiger partial charge in [-0.3, -0.25) is 4.79 Å². The van der Waals surface area contributed by atoms with Gasteiger partial charge in [-0.25, -0.2) is 0 Å². The van der Waals surface area contributed by atoms with Gasteiger partial charge in [-0.15, -0.1) is 11.6 Å². The predicted octanol–water partition coefficient (Wildman–Crippen LogP) is 2.17.